The Morgan fingerprint density at radius 1 is 1.31 bits per heavy atom. The van der Waals surface area contributed by atoms with Crippen LogP contribution in [0, 0.1) is 0 Å². The van der Waals surface area contributed by atoms with Crippen LogP contribution < -0.4 is 10.1 Å². The van der Waals surface area contributed by atoms with Gasteiger partial charge in [-0.2, -0.15) is 17.6 Å². The Kier molecular flexibility index (Phi) is 7.12. The predicted molar refractivity (Wildman–Crippen MR) is 93.5 cm³/mol. The molecule has 0 aliphatic rings. The van der Waals surface area contributed by atoms with Gasteiger partial charge in [-0.05, 0) is 25.1 Å². The summed E-state index contributed by atoms with van der Waals surface area (Å²) in [6, 6.07) is 7.07. The number of allylic oxidation sites excluding steroid dienone is 1. The molecule has 3 nitrogen and oxygen atoms in total. The van der Waals surface area contributed by atoms with Crippen LogP contribution in [0.1, 0.15) is 6.92 Å². The lowest BCUT2D eigenvalue weighted by Gasteiger charge is -2.32. The molecule has 0 aliphatic heterocycles. The van der Waals surface area contributed by atoms with Gasteiger partial charge in [0, 0.05) is 12.2 Å². The summed E-state index contributed by atoms with van der Waals surface area (Å²) in [6.45, 7) is 6.83. The molecule has 26 heavy (non-hydrogen) atoms. The van der Waals surface area contributed by atoms with Gasteiger partial charge in [-0.1, -0.05) is 36.5 Å². The zero-order valence-electron chi connectivity index (χ0n) is 14.9. The van der Waals surface area contributed by atoms with E-state index >= 15 is 0 Å². The van der Waals surface area contributed by atoms with Crippen molar-refractivity contribution >= 4 is 24.9 Å². The van der Waals surface area contributed by atoms with Gasteiger partial charge in [0.2, 0.25) is 0 Å². The summed E-state index contributed by atoms with van der Waals surface area (Å²) in [7, 11) is -1.97. The van der Waals surface area contributed by atoms with E-state index in [2.05, 4.69) is 11.3 Å². The Hall–Kier alpha value is -1.74. The van der Waals surface area contributed by atoms with Gasteiger partial charge in [0.25, 0.3) is 0 Å². The first kappa shape index (κ1) is 22.3. The van der Waals surface area contributed by atoms with Crippen LogP contribution in [0.2, 0.25) is 19.1 Å². The van der Waals surface area contributed by atoms with E-state index < -0.39 is 32.9 Å². The highest BCUT2D eigenvalue weighted by Crippen LogP contribution is 2.37. The minimum atomic E-state index is -5.71. The zero-order chi connectivity index (χ0) is 20.2. The van der Waals surface area contributed by atoms with Gasteiger partial charge in [0.15, 0.2) is 6.86 Å². The molecule has 0 radical (unpaired) electrons. The molecule has 1 aromatic carbocycles. The molecule has 9 heteroatoms. The number of hydrogen-bond donors (Lipinski definition) is 0. The fourth-order valence-electron chi connectivity index (χ4n) is 2.53. The number of anilines is 1. The summed E-state index contributed by atoms with van der Waals surface area (Å²) in [5.41, 5.74) is 0.0911. The average Bonchev–Trinajstić information content (AvgIpc) is 2.54. The van der Waals surface area contributed by atoms with E-state index in [0.717, 1.165) is 11.2 Å². The second kappa shape index (κ2) is 8.30. The van der Waals surface area contributed by atoms with Crippen molar-refractivity contribution in [2.75, 3.05) is 18.3 Å². The van der Waals surface area contributed by atoms with Crippen LogP contribution in [-0.2, 0) is 9.53 Å². The lowest BCUT2D eigenvalue weighted by atomic mass is 10.2. The average molecular weight is 395 g/mol. The molecule has 0 aliphatic carbocycles. The maximum atomic E-state index is 14.3. The van der Waals surface area contributed by atoms with Crippen LogP contribution in [0.15, 0.2) is 36.9 Å². The zero-order valence-corrected chi connectivity index (χ0v) is 15.9. The Morgan fingerprint density at radius 2 is 1.92 bits per heavy atom. The lowest BCUT2D eigenvalue weighted by Crippen LogP contribution is -2.57. The number of rotatable bonds is 8. The molecule has 1 amide bonds. The molecular weight excluding hydrogens is 373 g/mol. The van der Waals surface area contributed by atoms with Crippen LogP contribution >= 0.6 is 0 Å². The lowest BCUT2D eigenvalue weighted by molar-refractivity contribution is -0.321. The first-order valence-electron chi connectivity index (χ1n) is 7.93. The van der Waals surface area contributed by atoms with Crippen LogP contribution in [0.25, 0.3) is 0 Å². The number of likely N-dealkylation sites (N-methyl/N-ethyl adjacent to an activating group) is 1. The van der Waals surface area contributed by atoms with Crippen LogP contribution in [0.5, 0.6) is 0 Å². The van der Waals surface area contributed by atoms with E-state index in [9.17, 15) is 26.7 Å². The molecule has 0 fully saturated rings. The number of ether oxygens (including phenoxy) is 1. The third-order valence-corrected chi connectivity index (χ3v) is 7.23. The van der Waals surface area contributed by atoms with Crippen molar-refractivity contribution in [3.63, 3.8) is 0 Å². The Balaban J connectivity index is 3.35. The Bertz CT molecular complexity index is 650. The largest absolute Gasteiger partial charge is 0.458 e. The van der Waals surface area contributed by atoms with Crippen molar-refractivity contribution in [1.29, 1.82) is 0 Å². The summed E-state index contributed by atoms with van der Waals surface area (Å²) >= 11 is 0. The van der Waals surface area contributed by atoms with E-state index in [4.69, 9.17) is 0 Å². The third-order valence-electron chi connectivity index (χ3n) is 4.05. The molecule has 0 heterocycles. The minimum absolute atomic E-state index is 0.0911. The van der Waals surface area contributed by atoms with Crippen LogP contribution in [0.3, 0.4) is 0 Å². The van der Waals surface area contributed by atoms with Gasteiger partial charge in [-0.3, -0.25) is 9.53 Å². The van der Waals surface area contributed by atoms with E-state index in [0.29, 0.717) is 4.90 Å². The molecule has 0 N–H and O–H groups in total. The maximum Gasteiger partial charge on any atom is 0.458 e. The minimum Gasteiger partial charge on any atom is -0.307 e. The Labute approximate surface area is 150 Å². The van der Waals surface area contributed by atoms with E-state index in [1.54, 1.807) is 18.2 Å². The van der Waals surface area contributed by atoms with E-state index in [1.807, 2.05) is 19.2 Å². The molecule has 0 bridgehead atoms. The van der Waals surface area contributed by atoms with Gasteiger partial charge in [0.1, 0.15) is 0 Å². The number of carbonyl (C=O) groups is 1. The quantitative estimate of drug-likeness (QED) is 0.373. The van der Waals surface area contributed by atoms with Gasteiger partial charge in [0.05, 0.1) is 8.07 Å². The van der Waals surface area contributed by atoms with Crippen molar-refractivity contribution in [1.82, 2.24) is 0 Å². The van der Waals surface area contributed by atoms with Crippen molar-refractivity contribution in [3.05, 3.63) is 36.9 Å². The summed E-state index contributed by atoms with van der Waals surface area (Å²) in [5, 5.41) is 0.865. The molecule has 1 unspecified atom stereocenters. The summed E-state index contributed by atoms with van der Waals surface area (Å²) in [6.07, 6.45) is -3.95. The highest BCUT2D eigenvalue weighted by molar-refractivity contribution is 6.90. The Morgan fingerprint density at radius 3 is 2.38 bits per heavy atom. The van der Waals surface area contributed by atoms with E-state index in [-0.39, 0.29) is 12.2 Å². The number of hydrogen-bond acceptors (Lipinski definition) is 2. The number of nitrogens with zero attached hydrogens (tertiary/aromatic N) is 1. The smallest absolute Gasteiger partial charge is 0.307 e. The monoisotopic (exact) mass is 395 g/mol. The number of benzene rings is 1. The molecule has 0 spiro atoms. The predicted octanol–water partition coefficient (Wildman–Crippen LogP) is 4.31. The molecular formula is C17H22F5NO2Si. The van der Waals surface area contributed by atoms with Gasteiger partial charge in [-0.25, -0.2) is 4.39 Å². The number of alkyl halides is 5. The second-order valence-electron chi connectivity index (χ2n) is 6.32. The van der Waals surface area contributed by atoms with Crippen molar-refractivity contribution in [2.45, 2.75) is 38.1 Å². The van der Waals surface area contributed by atoms with Crippen molar-refractivity contribution in [3.8, 4) is 0 Å². The van der Waals surface area contributed by atoms with E-state index in [1.165, 1.54) is 13.0 Å². The molecule has 1 atom stereocenters. The first-order valence-corrected chi connectivity index (χ1v) is 11.1. The normalized spacial score (nSPS) is 14.6. The first-order chi connectivity index (χ1) is 11.9. The molecule has 146 valence electrons. The number of carbonyl (C=O) groups excluding carboxylic acids is 1. The second-order valence-corrected chi connectivity index (χ2v) is 11.1. The van der Waals surface area contributed by atoms with Gasteiger partial charge in [-0.15, -0.1) is 6.58 Å². The molecule has 1 aromatic rings. The topological polar surface area (TPSA) is 29.5 Å². The highest BCUT2D eigenvalue weighted by atomic mass is 28.3. The van der Waals surface area contributed by atoms with Crippen molar-refractivity contribution < 1.29 is 31.5 Å². The molecule has 0 saturated heterocycles. The summed E-state index contributed by atoms with van der Waals surface area (Å²) < 4.78 is 69.2. The van der Waals surface area contributed by atoms with Gasteiger partial charge >= 0.3 is 17.9 Å². The third kappa shape index (κ3) is 4.50. The molecule has 0 aromatic heterocycles. The van der Waals surface area contributed by atoms with Crippen LogP contribution in [-0.4, -0.2) is 39.4 Å². The van der Waals surface area contributed by atoms with Gasteiger partial charge < -0.3 is 4.90 Å². The summed E-state index contributed by atoms with van der Waals surface area (Å²) in [5.74, 6) is -6.76. The standard InChI is InChI=1S/C17H22F5NO2Si/c1-5-10-26(3,4)14-9-7-8-13(11-14)23(6-2)15(24)16(19,25-12-18)17(20,21)22/h5,7-9,11H,1,6,10,12H2,2-4H3. The molecule has 0 saturated carbocycles. The SMILES string of the molecule is C=CC[Si](C)(C)c1cccc(N(CC)C(=O)C(F)(OCF)C(F)(F)F)c1. The van der Waals surface area contributed by atoms with Crippen molar-refractivity contribution in [2.24, 2.45) is 0 Å². The number of halogens is 5. The fourth-order valence-corrected chi connectivity index (χ4v) is 4.57. The van der Waals surface area contributed by atoms with Crippen LogP contribution in [0.4, 0.5) is 27.6 Å². The maximum absolute atomic E-state index is 14.3. The summed E-state index contributed by atoms with van der Waals surface area (Å²) in [4.78, 5) is 12.9. The highest BCUT2D eigenvalue weighted by Gasteiger charge is 2.65. The molecule has 1 rings (SSSR count). The number of amides is 1. The fraction of sp³-hybridized carbons (Fsp3) is 0.471.